The van der Waals surface area contributed by atoms with Crippen LogP contribution < -0.4 is 14.8 Å². The molecule has 1 atom stereocenters. The number of thioether (sulfide) groups is 1. The van der Waals surface area contributed by atoms with Crippen molar-refractivity contribution in [3.05, 3.63) is 48.2 Å². The Labute approximate surface area is 211 Å². The molecule has 2 N–H and O–H groups in total. The van der Waals surface area contributed by atoms with E-state index in [1.807, 2.05) is 0 Å². The predicted octanol–water partition coefficient (Wildman–Crippen LogP) is 2.54. The topological polar surface area (TPSA) is 140 Å². The first-order valence-corrected chi connectivity index (χ1v) is 13.6. The number of pyridine rings is 2. The SMILES string of the molecule is COc1ccc2nccc([C@H]3CN(CCCNS(=O)(=O)c4ccc5c(c4)NC(=O)CS5)C(=O)O3)c2n1. The van der Waals surface area contributed by atoms with Gasteiger partial charge in [-0.15, -0.1) is 11.8 Å². The van der Waals surface area contributed by atoms with E-state index in [4.69, 9.17) is 9.47 Å². The maximum atomic E-state index is 12.7. The van der Waals surface area contributed by atoms with Crippen LogP contribution in [0.1, 0.15) is 18.1 Å². The van der Waals surface area contributed by atoms with Crippen molar-refractivity contribution >= 4 is 50.5 Å². The molecule has 1 aromatic carbocycles. The minimum atomic E-state index is -3.78. The highest BCUT2D eigenvalue weighted by Crippen LogP contribution is 2.33. The molecule has 2 aliphatic rings. The molecular weight excluding hydrogens is 506 g/mol. The minimum absolute atomic E-state index is 0.0668. The van der Waals surface area contributed by atoms with Crippen LogP contribution in [0.15, 0.2) is 52.4 Å². The summed E-state index contributed by atoms with van der Waals surface area (Å²) in [5.74, 6) is 0.574. The van der Waals surface area contributed by atoms with E-state index in [2.05, 4.69) is 20.0 Å². The van der Waals surface area contributed by atoms with Gasteiger partial charge in [0.2, 0.25) is 21.8 Å². The van der Waals surface area contributed by atoms with Crippen LogP contribution in [0.2, 0.25) is 0 Å². The lowest BCUT2D eigenvalue weighted by molar-refractivity contribution is -0.113. The van der Waals surface area contributed by atoms with E-state index in [0.717, 1.165) is 10.5 Å². The Kier molecular flexibility index (Phi) is 6.69. The number of anilines is 1. The normalized spacial score (nSPS) is 17.6. The second-order valence-corrected chi connectivity index (χ2v) is 11.0. The summed E-state index contributed by atoms with van der Waals surface area (Å²) in [5, 5.41) is 2.69. The maximum Gasteiger partial charge on any atom is 0.410 e. The first-order valence-electron chi connectivity index (χ1n) is 11.2. The van der Waals surface area contributed by atoms with E-state index < -0.39 is 22.2 Å². The number of benzene rings is 1. The van der Waals surface area contributed by atoms with Gasteiger partial charge in [-0.05, 0) is 36.8 Å². The van der Waals surface area contributed by atoms with Gasteiger partial charge in [0, 0.05) is 35.8 Å². The Morgan fingerprint density at radius 2 is 2.11 bits per heavy atom. The number of cyclic esters (lactones) is 1. The number of methoxy groups -OCH3 is 1. The van der Waals surface area contributed by atoms with Gasteiger partial charge in [-0.25, -0.2) is 22.9 Å². The van der Waals surface area contributed by atoms with E-state index in [1.54, 1.807) is 30.5 Å². The summed E-state index contributed by atoms with van der Waals surface area (Å²) in [6, 6.07) is 9.92. The molecule has 36 heavy (non-hydrogen) atoms. The highest BCUT2D eigenvalue weighted by molar-refractivity contribution is 8.00. The van der Waals surface area contributed by atoms with Gasteiger partial charge in [0.25, 0.3) is 0 Å². The first-order chi connectivity index (χ1) is 17.3. The average Bonchev–Trinajstić information content (AvgIpc) is 3.25. The van der Waals surface area contributed by atoms with E-state index >= 15 is 0 Å². The van der Waals surface area contributed by atoms with E-state index in [0.29, 0.717) is 47.9 Å². The van der Waals surface area contributed by atoms with Crippen LogP contribution in [-0.4, -0.2) is 67.8 Å². The fourth-order valence-corrected chi connectivity index (χ4v) is 5.93. The van der Waals surface area contributed by atoms with Gasteiger partial charge in [-0.2, -0.15) is 0 Å². The number of aromatic nitrogens is 2. The van der Waals surface area contributed by atoms with Crippen molar-refractivity contribution in [1.82, 2.24) is 19.6 Å². The zero-order valence-corrected chi connectivity index (χ0v) is 20.9. The van der Waals surface area contributed by atoms with Crippen LogP contribution in [0.25, 0.3) is 11.0 Å². The number of ether oxygens (including phenoxy) is 2. The molecule has 5 rings (SSSR count). The Morgan fingerprint density at radius 1 is 1.25 bits per heavy atom. The van der Waals surface area contributed by atoms with E-state index in [1.165, 1.54) is 35.9 Å². The van der Waals surface area contributed by atoms with Crippen molar-refractivity contribution in [2.75, 3.05) is 37.8 Å². The third kappa shape index (κ3) is 4.94. The molecule has 3 aromatic rings. The summed E-state index contributed by atoms with van der Waals surface area (Å²) in [7, 11) is -2.25. The van der Waals surface area contributed by atoms with Gasteiger partial charge in [-0.1, -0.05) is 0 Å². The molecule has 1 saturated heterocycles. The maximum absolute atomic E-state index is 12.7. The summed E-state index contributed by atoms with van der Waals surface area (Å²) >= 11 is 1.36. The van der Waals surface area contributed by atoms with Gasteiger partial charge >= 0.3 is 6.09 Å². The van der Waals surface area contributed by atoms with Crippen molar-refractivity contribution in [1.29, 1.82) is 0 Å². The average molecular weight is 530 g/mol. The quantitative estimate of drug-likeness (QED) is 0.421. The number of carbonyl (C=O) groups excluding carboxylic acids is 2. The van der Waals surface area contributed by atoms with Crippen molar-refractivity contribution in [3.8, 4) is 5.88 Å². The molecule has 0 unspecified atom stereocenters. The Bertz CT molecular complexity index is 1450. The summed E-state index contributed by atoms with van der Waals surface area (Å²) in [6.07, 6.45) is 1.03. The predicted molar refractivity (Wildman–Crippen MR) is 132 cm³/mol. The fourth-order valence-electron chi connectivity index (χ4n) is 4.04. The Hall–Kier alpha value is -3.42. The number of sulfonamides is 1. The van der Waals surface area contributed by atoms with Crippen LogP contribution in [0, 0.1) is 0 Å². The molecule has 4 heterocycles. The summed E-state index contributed by atoms with van der Waals surface area (Å²) in [4.78, 5) is 35.3. The third-order valence-corrected chi connectivity index (χ3v) is 8.36. The second kappa shape index (κ2) is 9.91. The van der Waals surface area contributed by atoms with E-state index in [9.17, 15) is 18.0 Å². The Morgan fingerprint density at radius 3 is 2.94 bits per heavy atom. The highest BCUT2D eigenvalue weighted by Gasteiger charge is 2.33. The number of amides is 2. The van der Waals surface area contributed by atoms with Crippen LogP contribution in [0.3, 0.4) is 0 Å². The van der Waals surface area contributed by atoms with Gasteiger partial charge < -0.3 is 19.7 Å². The van der Waals surface area contributed by atoms with E-state index in [-0.39, 0.29) is 17.3 Å². The summed E-state index contributed by atoms with van der Waals surface area (Å²) < 4.78 is 38.8. The van der Waals surface area contributed by atoms with Gasteiger partial charge in [0.15, 0.2) is 0 Å². The summed E-state index contributed by atoms with van der Waals surface area (Å²) in [5.41, 5.74) is 2.48. The number of nitrogens with one attached hydrogen (secondary N) is 2. The third-order valence-electron chi connectivity index (χ3n) is 5.82. The van der Waals surface area contributed by atoms with Crippen molar-refractivity contribution in [3.63, 3.8) is 0 Å². The number of rotatable bonds is 8. The zero-order valence-electron chi connectivity index (χ0n) is 19.3. The molecule has 0 spiro atoms. The second-order valence-electron chi connectivity index (χ2n) is 8.19. The number of fused-ring (bicyclic) bond motifs is 2. The van der Waals surface area contributed by atoms with Crippen LogP contribution in [0.5, 0.6) is 5.88 Å². The highest BCUT2D eigenvalue weighted by atomic mass is 32.2. The Balaban J connectivity index is 1.19. The number of hydrogen-bond donors (Lipinski definition) is 2. The molecule has 13 heteroatoms. The molecule has 0 aliphatic carbocycles. The zero-order chi connectivity index (χ0) is 25.3. The van der Waals surface area contributed by atoms with Crippen LogP contribution in [0.4, 0.5) is 10.5 Å². The fraction of sp³-hybridized carbons (Fsp3) is 0.304. The lowest BCUT2D eigenvalue weighted by atomic mass is 10.1. The minimum Gasteiger partial charge on any atom is -0.481 e. The summed E-state index contributed by atoms with van der Waals surface area (Å²) in [6.45, 7) is 0.756. The van der Waals surface area contributed by atoms with Gasteiger partial charge in [0.05, 0.1) is 41.0 Å². The molecule has 2 amide bonds. The standard InChI is InChI=1S/C23H23N5O6S2/c1-33-21-6-4-16-22(27-21)15(7-9-24-16)18-12-28(23(30)34-18)10-2-8-25-36(31,32)14-3-5-19-17(11-14)26-20(29)13-35-19/h3-7,9,11,18,25H,2,8,10,12-13H2,1H3,(H,26,29)/t18-/m1/s1. The van der Waals surface area contributed by atoms with Crippen molar-refractivity contribution < 1.29 is 27.5 Å². The molecule has 188 valence electrons. The van der Waals surface area contributed by atoms with Crippen LogP contribution >= 0.6 is 11.8 Å². The smallest absolute Gasteiger partial charge is 0.410 e. The molecule has 0 bridgehead atoms. The lowest BCUT2D eigenvalue weighted by Crippen LogP contribution is -2.30. The lowest BCUT2D eigenvalue weighted by Gasteiger charge is -2.17. The molecule has 0 saturated carbocycles. The van der Waals surface area contributed by atoms with Crippen molar-refractivity contribution in [2.45, 2.75) is 22.3 Å². The first kappa shape index (κ1) is 24.3. The van der Waals surface area contributed by atoms with Gasteiger partial charge in [0.1, 0.15) is 6.10 Å². The molecule has 2 aliphatic heterocycles. The number of nitrogens with zero attached hydrogens (tertiary/aromatic N) is 3. The van der Waals surface area contributed by atoms with Crippen molar-refractivity contribution in [2.24, 2.45) is 0 Å². The van der Waals surface area contributed by atoms with Crippen LogP contribution in [-0.2, 0) is 19.6 Å². The molecule has 11 nitrogen and oxygen atoms in total. The number of carbonyl (C=O) groups is 2. The van der Waals surface area contributed by atoms with Gasteiger partial charge in [-0.3, -0.25) is 9.78 Å². The number of hydrogen-bond acceptors (Lipinski definition) is 9. The molecule has 0 radical (unpaired) electrons. The molecular formula is C23H23N5O6S2. The largest absolute Gasteiger partial charge is 0.481 e. The monoisotopic (exact) mass is 529 g/mol. The molecule has 2 aromatic heterocycles. The molecule has 1 fully saturated rings.